The van der Waals surface area contributed by atoms with Crippen molar-refractivity contribution in [3.8, 4) is 0 Å². The number of nitrogens with zero attached hydrogens (tertiary/aromatic N) is 2. The van der Waals surface area contributed by atoms with Crippen molar-refractivity contribution < 1.29 is 4.79 Å². The molecule has 0 radical (unpaired) electrons. The number of carbonyl (C=O) groups is 1. The fourth-order valence-electron chi connectivity index (χ4n) is 3.27. The first-order valence-corrected chi connectivity index (χ1v) is 9.21. The number of pyridine rings is 1. The Kier molecular flexibility index (Phi) is 7.91. The Hall–Kier alpha value is -1.58. The van der Waals surface area contributed by atoms with Crippen molar-refractivity contribution in [2.75, 3.05) is 13.1 Å². The summed E-state index contributed by atoms with van der Waals surface area (Å²) < 4.78 is 0. The molecule has 1 saturated carbocycles. The summed E-state index contributed by atoms with van der Waals surface area (Å²) in [5, 5.41) is 3.05. The fourth-order valence-corrected chi connectivity index (χ4v) is 3.27. The molecule has 1 heterocycles. The van der Waals surface area contributed by atoms with E-state index in [-0.39, 0.29) is 6.03 Å². The highest BCUT2D eigenvalue weighted by Crippen LogP contribution is 2.26. The van der Waals surface area contributed by atoms with E-state index in [1.54, 1.807) is 12.4 Å². The van der Waals surface area contributed by atoms with Gasteiger partial charge in [-0.05, 0) is 36.5 Å². The first kappa shape index (κ1) is 17.8. The highest BCUT2D eigenvalue weighted by atomic mass is 16.2. The number of hydrogen-bond acceptors (Lipinski definition) is 2. The third-order valence-electron chi connectivity index (χ3n) is 4.79. The van der Waals surface area contributed by atoms with Gasteiger partial charge >= 0.3 is 6.03 Å². The summed E-state index contributed by atoms with van der Waals surface area (Å²) in [6.07, 6.45) is 13.7. The molecule has 0 saturated heterocycles. The molecule has 1 aliphatic rings. The number of unbranched alkanes of at least 4 members (excludes halogenated alkanes) is 1. The molecule has 0 unspecified atom stereocenters. The maximum Gasteiger partial charge on any atom is 0.317 e. The van der Waals surface area contributed by atoms with Crippen LogP contribution in [0.2, 0.25) is 0 Å². The topological polar surface area (TPSA) is 45.2 Å². The van der Waals surface area contributed by atoms with Crippen molar-refractivity contribution in [3.63, 3.8) is 0 Å². The van der Waals surface area contributed by atoms with Crippen LogP contribution < -0.4 is 5.32 Å². The predicted molar refractivity (Wildman–Crippen MR) is 94.1 cm³/mol. The van der Waals surface area contributed by atoms with E-state index < -0.39 is 0 Å². The summed E-state index contributed by atoms with van der Waals surface area (Å²) in [5.74, 6) is 0.820. The van der Waals surface area contributed by atoms with E-state index >= 15 is 0 Å². The summed E-state index contributed by atoms with van der Waals surface area (Å²) in [6, 6.07) is 3.96. The Morgan fingerprint density at radius 3 is 2.65 bits per heavy atom. The number of rotatable bonds is 8. The molecule has 0 spiro atoms. The molecule has 4 nitrogen and oxygen atoms in total. The number of urea groups is 1. The minimum Gasteiger partial charge on any atom is -0.334 e. The second-order valence-electron chi connectivity index (χ2n) is 6.65. The molecule has 0 aromatic carbocycles. The molecule has 23 heavy (non-hydrogen) atoms. The summed E-state index contributed by atoms with van der Waals surface area (Å²) in [5.41, 5.74) is 1.09. The van der Waals surface area contributed by atoms with Gasteiger partial charge in [-0.3, -0.25) is 4.98 Å². The molecule has 2 amide bonds. The first-order valence-electron chi connectivity index (χ1n) is 9.21. The van der Waals surface area contributed by atoms with E-state index in [2.05, 4.69) is 17.2 Å². The molecule has 128 valence electrons. The summed E-state index contributed by atoms with van der Waals surface area (Å²) >= 11 is 0. The lowest BCUT2D eigenvalue weighted by molar-refractivity contribution is 0.188. The van der Waals surface area contributed by atoms with E-state index in [1.807, 2.05) is 17.0 Å². The minimum atomic E-state index is 0.0751. The Labute approximate surface area is 140 Å². The normalized spacial score (nSPS) is 15.3. The number of nitrogens with one attached hydrogen (secondary N) is 1. The lowest BCUT2D eigenvalue weighted by Crippen LogP contribution is -2.41. The van der Waals surface area contributed by atoms with Crippen molar-refractivity contribution in [2.24, 2.45) is 5.92 Å². The van der Waals surface area contributed by atoms with Crippen molar-refractivity contribution in [3.05, 3.63) is 30.1 Å². The Balaban J connectivity index is 1.79. The zero-order valence-electron chi connectivity index (χ0n) is 14.5. The number of aromatic nitrogens is 1. The molecule has 1 aromatic heterocycles. The first-order chi connectivity index (χ1) is 11.3. The van der Waals surface area contributed by atoms with E-state index in [4.69, 9.17) is 0 Å². The van der Waals surface area contributed by atoms with Gasteiger partial charge in [-0.1, -0.05) is 45.4 Å². The van der Waals surface area contributed by atoms with Gasteiger partial charge in [0.1, 0.15) is 0 Å². The highest BCUT2D eigenvalue weighted by Gasteiger charge is 2.17. The van der Waals surface area contributed by atoms with Crippen LogP contribution >= 0.6 is 0 Å². The van der Waals surface area contributed by atoms with Crippen LogP contribution in [0.1, 0.15) is 63.9 Å². The van der Waals surface area contributed by atoms with Gasteiger partial charge in [0.15, 0.2) is 0 Å². The van der Waals surface area contributed by atoms with Gasteiger partial charge in [-0.15, -0.1) is 0 Å². The Morgan fingerprint density at radius 2 is 1.96 bits per heavy atom. The molecular formula is C19H31N3O. The van der Waals surface area contributed by atoms with E-state index in [9.17, 15) is 4.79 Å². The zero-order chi connectivity index (χ0) is 16.3. The van der Waals surface area contributed by atoms with Crippen LogP contribution in [0.5, 0.6) is 0 Å². The van der Waals surface area contributed by atoms with E-state index in [0.29, 0.717) is 6.54 Å². The zero-order valence-corrected chi connectivity index (χ0v) is 14.5. The molecule has 0 aliphatic heterocycles. The van der Waals surface area contributed by atoms with Crippen LogP contribution in [0, 0.1) is 5.92 Å². The molecule has 2 rings (SSSR count). The van der Waals surface area contributed by atoms with Crippen LogP contribution in [-0.4, -0.2) is 29.0 Å². The maximum atomic E-state index is 12.5. The molecule has 0 bridgehead atoms. The quantitative estimate of drug-likeness (QED) is 0.774. The van der Waals surface area contributed by atoms with Crippen molar-refractivity contribution in [2.45, 2.75) is 64.8 Å². The van der Waals surface area contributed by atoms with E-state index in [1.165, 1.54) is 32.1 Å². The lowest BCUT2D eigenvalue weighted by atomic mass is 9.87. The average Bonchev–Trinajstić information content (AvgIpc) is 2.61. The highest BCUT2D eigenvalue weighted by molar-refractivity contribution is 5.74. The van der Waals surface area contributed by atoms with Crippen molar-refractivity contribution in [1.82, 2.24) is 15.2 Å². The van der Waals surface area contributed by atoms with Gasteiger partial charge in [0, 0.05) is 32.0 Å². The van der Waals surface area contributed by atoms with Crippen LogP contribution in [-0.2, 0) is 6.54 Å². The van der Waals surface area contributed by atoms with Gasteiger partial charge in [0.25, 0.3) is 0 Å². The molecule has 1 fully saturated rings. The third kappa shape index (κ3) is 6.59. The van der Waals surface area contributed by atoms with Gasteiger partial charge in [0.2, 0.25) is 0 Å². The van der Waals surface area contributed by atoms with Gasteiger partial charge in [-0.2, -0.15) is 0 Å². The number of amides is 2. The number of carbonyl (C=O) groups excluding carboxylic acids is 1. The van der Waals surface area contributed by atoms with Crippen LogP contribution in [0.25, 0.3) is 0 Å². The molecule has 4 heteroatoms. The average molecular weight is 317 g/mol. The third-order valence-corrected chi connectivity index (χ3v) is 4.79. The fraction of sp³-hybridized carbons (Fsp3) is 0.684. The second-order valence-corrected chi connectivity index (χ2v) is 6.65. The van der Waals surface area contributed by atoms with Crippen LogP contribution in [0.3, 0.4) is 0 Å². The standard InChI is InChI=1S/C19H31N3O/c1-2-3-14-22(15-11-17-7-5-4-6-8-17)19(23)21-16-18-9-12-20-13-10-18/h9-10,12-13,17H,2-8,11,14-16H2,1H3,(H,21,23). The minimum absolute atomic E-state index is 0.0751. The molecular weight excluding hydrogens is 286 g/mol. The smallest absolute Gasteiger partial charge is 0.317 e. The van der Waals surface area contributed by atoms with Gasteiger partial charge < -0.3 is 10.2 Å². The van der Waals surface area contributed by atoms with E-state index in [0.717, 1.165) is 43.8 Å². The largest absolute Gasteiger partial charge is 0.334 e. The summed E-state index contributed by atoms with van der Waals surface area (Å²) in [6.45, 7) is 4.51. The van der Waals surface area contributed by atoms with Crippen LogP contribution in [0.4, 0.5) is 4.79 Å². The SMILES string of the molecule is CCCCN(CCC1CCCCC1)C(=O)NCc1ccncc1. The number of hydrogen-bond donors (Lipinski definition) is 1. The molecule has 1 aromatic rings. The second kappa shape index (κ2) is 10.2. The van der Waals surface area contributed by atoms with Crippen LogP contribution in [0.15, 0.2) is 24.5 Å². The van der Waals surface area contributed by atoms with Gasteiger partial charge in [-0.25, -0.2) is 4.79 Å². The monoisotopic (exact) mass is 317 g/mol. The van der Waals surface area contributed by atoms with Crippen molar-refractivity contribution >= 4 is 6.03 Å². The molecule has 1 N–H and O–H groups in total. The summed E-state index contributed by atoms with van der Waals surface area (Å²) in [7, 11) is 0. The summed E-state index contributed by atoms with van der Waals surface area (Å²) in [4.78, 5) is 18.5. The maximum absolute atomic E-state index is 12.5. The Bertz CT molecular complexity index is 443. The van der Waals surface area contributed by atoms with Gasteiger partial charge in [0.05, 0.1) is 0 Å². The predicted octanol–water partition coefficient (Wildman–Crippen LogP) is 4.36. The van der Waals surface area contributed by atoms with Crippen molar-refractivity contribution in [1.29, 1.82) is 0 Å². The molecule has 1 aliphatic carbocycles. The Morgan fingerprint density at radius 1 is 1.22 bits per heavy atom. The lowest BCUT2D eigenvalue weighted by Gasteiger charge is -2.27. The molecule has 0 atom stereocenters.